The standard InChI is InChI=1S/C19H17ClN4O3/c1-13-21-7-8-23(13)12-15-4-2-3-14(9-15)11-22-19(25)17-6-5-16(20)10-18(17)24(26)27/h2-10H,11-12H2,1H3,(H,22,25). The van der Waals surface area contributed by atoms with E-state index in [2.05, 4.69) is 10.3 Å². The smallest absolute Gasteiger partial charge is 0.283 e. The number of halogens is 1. The molecule has 0 radical (unpaired) electrons. The van der Waals surface area contributed by atoms with Gasteiger partial charge in [0.15, 0.2) is 0 Å². The van der Waals surface area contributed by atoms with E-state index in [-0.39, 0.29) is 22.8 Å². The van der Waals surface area contributed by atoms with Gasteiger partial charge in [0, 0.05) is 36.6 Å². The van der Waals surface area contributed by atoms with E-state index in [1.807, 2.05) is 42.0 Å². The summed E-state index contributed by atoms with van der Waals surface area (Å²) < 4.78 is 2.02. The van der Waals surface area contributed by atoms with E-state index in [1.165, 1.54) is 18.2 Å². The van der Waals surface area contributed by atoms with Crippen molar-refractivity contribution < 1.29 is 9.72 Å². The highest BCUT2D eigenvalue weighted by molar-refractivity contribution is 6.31. The topological polar surface area (TPSA) is 90.1 Å². The Kier molecular flexibility index (Phi) is 5.52. The molecule has 0 aliphatic carbocycles. The molecular weight excluding hydrogens is 368 g/mol. The zero-order valence-electron chi connectivity index (χ0n) is 14.6. The minimum absolute atomic E-state index is 0.0189. The van der Waals surface area contributed by atoms with Gasteiger partial charge >= 0.3 is 0 Å². The number of carbonyl (C=O) groups is 1. The molecule has 0 bridgehead atoms. The number of aromatic nitrogens is 2. The summed E-state index contributed by atoms with van der Waals surface area (Å²) in [5.41, 5.74) is 1.63. The first kappa shape index (κ1) is 18.6. The summed E-state index contributed by atoms with van der Waals surface area (Å²) in [6.07, 6.45) is 3.65. The molecule has 0 unspecified atom stereocenters. The molecule has 0 atom stereocenters. The van der Waals surface area contributed by atoms with Crippen LogP contribution in [0, 0.1) is 17.0 Å². The second kappa shape index (κ2) is 8.01. The Bertz CT molecular complexity index is 1000. The minimum atomic E-state index is -0.616. The van der Waals surface area contributed by atoms with E-state index in [1.54, 1.807) is 6.20 Å². The Morgan fingerprint density at radius 2 is 2.04 bits per heavy atom. The van der Waals surface area contributed by atoms with Crippen LogP contribution >= 0.6 is 11.6 Å². The van der Waals surface area contributed by atoms with Gasteiger partial charge in [-0.2, -0.15) is 0 Å². The van der Waals surface area contributed by atoms with Crippen molar-refractivity contribution in [2.45, 2.75) is 20.0 Å². The van der Waals surface area contributed by atoms with Crippen LogP contribution in [0.3, 0.4) is 0 Å². The van der Waals surface area contributed by atoms with E-state index in [0.29, 0.717) is 6.54 Å². The van der Waals surface area contributed by atoms with Gasteiger partial charge in [0.05, 0.1) is 4.92 Å². The van der Waals surface area contributed by atoms with Crippen molar-refractivity contribution in [1.82, 2.24) is 14.9 Å². The van der Waals surface area contributed by atoms with E-state index in [9.17, 15) is 14.9 Å². The van der Waals surface area contributed by atoms with Crippen molar-refractivity contribution in [3.8, 4) is 0 Å². The number of nitro benzene ring substituents is 1. The number of hydrogen-bond acceptors (Lipinski definition) is 4. The summed E-state index contributed by atoms with van der Waals surface area (Å²) in [6.45, 7) is 2.87. The van der Waals surface area contributed by atoms with Gasteiger partial charge in [-0.25, -0.2) is 4.98 Å². The lowest BCUT2D eigenvalue weighted by Gasteiger charge is -2.09. The van der Waals surface area contributed by atoms with Crippen LogP contribution in [0.2, 0.25) is 5.02 Å². The summed E-state index contributed by atoms with van der Waals surface area (Å²) in [5, 5.41) is 14.1. The number of hydrogen-bond donors (Lipinski definition) is 1. The molecular formula is C19H17ClN4O3. The van der Waals surface area contributed by atoms with Crippen LogP contribution < -0.4 is 5.32 Å². The Hall–Kier alpha value is -3.19. The SMILES string of the molecule is Cc1nccn1Cc1cccc(CNC(=O)c2ccc(Cl)cc2[N+](=O)[O-])c1. The fourth-order valence-corrected chi connectivity index (χ4v) is 2.90. The molecule has 1 amide bonds. The highest BCUT2D eigenvalue weighted by atomic mass is 35.5. The number of aryl methyl sites for hydroxylation is 1. The highest BCUT2D eigenvalue weighted by Crippen LogP contribution is 2.23. The number of nitrogens with one attached hydrogen (secondary N) is 1. The fourth-order valence-electron chi connectivity index (χ4n) is 2.73. The summed E-state index contributed by atoms with van der Waals surface area (Å²) in [6, 6.07) is 11.8. The fraction of sp³-hybridized carbons (Fsp3) is 0.158. The molecule has 0 saturated carbocycles. The van der Waals surface area contributed by atoms with Crippen LogP contribution in [0.5, 0.6) is 0 Å². The number of rotatable bonds is 6. The van der Waals surface area contributed by atoms with Gasteiger partial charge in [-0.1, -0.05) is 35.9 Å². The number of carbonyl (C=O) groups excluding carboxylic acids is 1. The van der Waals surface area contributed by atoms with Gasteiger partial charge in [0.25, 0.3) is 11.6 Å². The number of amides is 1. The van der Waals surface area contributed by atoms with Crippen molar-refractivity contribution in [2.75, 3.05) is 0 Å². The van der Waals surface area contributed by atoms with Gasteiger partial charge in [0.2, 0.25) is 0 Å². The van der Waals surface area contributed by atoms with Gasteiger partial charge in [-0.15, -0.1) is 0 Å². The van der Waals surface area contributed by atoms with Crippen molar-refractivity contribution in [2.24, 2.45) is 0 Å². The van der Waals surface area contributed by atoms with Crippen molar-refractivity contribution in [1.29, 1.82) is 0 Å². The number of nitrogens with zero attached hydrogens (tertiary/aromatic N) is 3. The van der Waals surface area contributed by atoms with Crippen molar-refractivity contribution in [3.05, 3.63) is 92.5 Å². The van der Waals surface area contributed by atoms with Crippen LogP contribution in [-0.4, -0.2) is 20.4 Å². The molecule has 1 aromatic heterocycles. The maximum atomic E-state index is 12.4. The maximum Gasteiger partial charge on any atom is 0.283 e. The first-order valence-corrected chi connectivity index (χ1v) is 8.59. The lowest BCUT2D eigenvalue weighted by Crippen LogP contribution is -2.23. The minimum Gasteiger partial charge on any atom is -0.348 e. The number of imidazole rings is 1. The quantitative estimate of drug-likeness (QED) is 0.518. The van der Waals surface area contributed by atoms with E-state index < -0.39 is 10.8 Å². The molecule has 1 heterocycles. The first-order valence-electron chi connectivity index (χ1n) is 8.22. The predicted molar refractivity (Wildman–Crippen MR) is 102 cm³/mol. The molecule has 0 spiro atoms. The molecule has 8 heteroatoms. The lowest BCUT2D eigenvalue weighted by molar-refractivity contribution is -0.385. The molecule has 0 saturated heterocycles. The molecule has 0 aliphatic heterocycles. The van der Waals surface area contributed by atoms with E-state index >= 15 is 0 Å². The van der Waals surface area contributed by atoms with Gasteiger partial charge in [0.1, 0.15) is 11.4 Å². The molecule has 138 valence electrons. The normalized spacial score (nSPS) is 10.6. The molecule has 0 fully saturated rings. The average molecular weight is 385 g/mol. The second-order valence-electron chi connectivity index (χ2n) is 6.02. The third-order valence-corrected chi connectivity index (χ3v) is 4.36. The zero-order valence-corrected chi connectivity index (χ0v) is 15.3. The van der Waals surface area contributed by atoms with Crippen LogP contribution in [0.4, 0.5) is 5.69 Å². The molecule has 1 N–H and O–H groups in total. The Balaban J connectivity index is 1.70. The van der Waals surface area contributed by atoms with Crippen LogP contribution in [0.25, 0.3) is 0 Å². The summed E-state index contributed by atoms with van der Waals surface area (Å²) >= 11 is 5.78. The lowest BCUT2D eigenvalue weighted by atomic mass is 10.1. The monoisotopic (exact) mass is 384 g/mol. The van der Waals surface area contributed by atoms with Crippen LogP contribution in [-0.2, 0) is 13.1 Å². The first-order chi connectivity index (χ1) is 12.9. The summed E-state index contributed by atoms with van der Waals surface area (Å²) in [4.78, 5) is 27.1. The third kappa shape index (κ3) is 4.51. The van der Waals surface area contributed by atoms with Crippen LogP contribution in [0.1, 0.15) is 27.3 Å². The second-order valence-corrected chi connectivity index (χ2v) is 6.46. The van der Waals surface area contributed by atoms with Crippen LogP contribution in [0.15, 0.2) is 54.9 Å². The van der Waals surface area contributed by atoms with E-state index in [0.717, 1.165) is 17.0 Å². The summed E-state index contributed by atoms with van der Waals surface area (Å²) in [5.74, 6) is 0.401. The highest BCUT2D eigenvalue weighted by Gasteiger charge is 2.20. The molecule has 0 aliphatic rings. The Labute approximate surface area is 160 Å². The Morgan fingerprint density at radius 1 is 1.26 bits per heavy atom. The van der Waals surface area contributed by atoms with Crippen molar-refractivity contribution in [3.63, 3.8) is 0 Å². The molecule has 2 aromatic carbocycles. The van der Waals surface area contributed by atoms with Gasteiger partial charge in [-0.3, -0.25) is 14.9 Å². The third-order valence-electron chi connectivity index (χ3n) is 4.12. The summed E-state index contributed by atoms with van der Waals surface area (Å²) in [7, 11) is 0. The maximum absolute atomic E-state index is 12.4. The molecule has 3 aromatic rings. The van der Waals surface area contributed by atoms with E-state index in [4.69, 9.17) is 11.6 Å². The number of benzene rings is 2. The number of nitro groups is 1. The predicted octanol–water partition coefficient (Wildman–Crippen LogP) is 3.73. The van der Waals surface area contributed by atoms with Gasteiger partial charge < -0.3 is 9.88 Å². The average Bonchev–Trinajstić information content (AvgIpc) is 3.04. The molecule has 7 nitrogen and oxygen atoms in total. The van der Waals surface area contributed by atoms with Gasteiger partial charge in [-0.05, 0) is 30.2 Å². The molecule has 27 heavy (non-hydrogen) atoms. The van der Waals surface area contributed by atoms with Crippen molar-refractivity contribution >= 4 is 23.2 Å². The molecule has 3 rings (SSSR count). The largest absolute Gasteiger partial charge is 0.348 e. The Morgan fingerprint density at radius 3 is 2.74 bits per heavy atom. The zero-order chi connectivity index (χ0) is 19.4.